The lowest BCUT2D eigenvalue weighted by atomic mass is 10.3. The van der Waals surface area contributed by atoms with Gasteiger partial charge in [0.2, 0.25) is 11.8 Å². The van der Waals surface area contributed by atoms with Crippen LogP contribution >= 0.6 is 0 Å². The van der Waals surface area contributed by atoms with Gasteiger partial charge in [-0.2, -0.15) is 0 Å². The van der Waals surface area contributed by atoms with E-state index in [0.29, 0.717) is 0 Å². The van der Waals surface area contributed by atoms with Crippen molar-refractivity contribution in [3.05, 3.63) is 0 Å². The first-order valence-electron chi connectivity index (χ1n) is 2.96. The van der Waals surface area contributed by atoms with Crippen molar-refractivity contribution in [1.82, 2.24) is 5.32 Å². The van der Waals surface area contributed by atoms with Gasteiger partial charge in [-0.15, -0.1) is 0 Å². The fraction of sp³-hybridized carbons (Fsp3) is 0.600. The zero-order valence-corrected chi connectivity index (χ0v) is 5.84. The van der Waals surface area contributed by atoms with Gasteiger partial charge in [-0.1, -0.05) is 0 Å². The first-order valence-corrected chi connectivity index (χ1v) is 2.96. The molecular weight excluding hydrogens is 153 g/mol. The van der Waals surface area contributed by atoms with Gasteiger partial charge in [0.1, 0.15) is 12.7 Å². The summed E-state index contributed by atoms with van der Waals surface area (Å²) in [4.78, 5) is 20.8. The molecule has 0 radical (unpaired) electrons. The minimum absolute atomic E-state index is 0.288. The van der Waals surface area contributed by atoms with Gasteiger partial charge in [-0.25, -0.2) is 4.39 Å². The van der Waals surface area contributed by atoms with E-state index in [9.17, 15) is 14.0 Å². The highest BCUT2D eigenvalue weighted by atomic mass is 19.1. The Balaban J connectivity index is 3.88. The maximum absolute atomic E-state index is 11.8. The van der Waals surface area contributed by atoms with Crippen molar-refractivity contribution in [2.45, 2.75) is 6.04 Å². The Morgan fingerprint density at radius 3 is 2.36 bits per heavy atom. The summed E-state index contributed by atoms with van der Waals surface area (Å²) in [5.41, 5.74) is 9.60. The predicted octanol–water partition coefficient (Wildman–Crippen LogP) is -2.12. The zero-order valence-electron chi connectivity index (χ0n) is 5.84. The van der Waals surface area contributed by atoms with Crippen LogP contribution in [0.15, 0.2) is 0 Å². The Labute approximate surface area is 62.9 Å². The smallest absolute Gasteiger partial charge is 0.242 e. The molecule has 1 unspecified atom stereocenters. The summed E-state index contributed by atoms with van der Waals surface area (Å²) < 4.78 is 11.8. The number of carbonyl (C=O) groups is 2. The van der Waals surface area contributed by atoms with Crippen LogP contribution in [0.4, 0.5) is 4.39 Å². The number of hydrogen-bond donors (Lipinski definition) is 3. The van der Waals surface area contributed by atoms with Crippen molar-refractivity contribution in [3.8, 4) is 0 Å². The molecular formula is C5H10FN3O2. The van der Waals surface area contributed by atoms with E-state index >= 15 is 0 Å². The van der Waals surface area contributed by atoms with Crippen LogP contribution in [-0.2, 0) is 9.59 Å². The molecule has 1 atom stereocenters. The van der Waals surface area contributed by atoms with Crippen molar-refractivity contribution in [3.63, 3.8) is 0 Å². The highest BCUT2D eigenvalue weighted by Crippen LogP contribution is 1.82. The number of nitrogens with one attached hydrogen (secondary N) is 1. The molecule has 6 heteroatoms. The summed E-state index contributed by atoms with van der Waals surface area (Å²) in [6.45, 7) is -1.30. The van der Waals surface area contributed by atoms with Crippen LogP contribution in [0.1, 0.15) is 0 Å². The first-order chi connectivity index (χ1) is 5.11. The number of halogens is 1. The van der Waals surface area contributed by atoms with Crippen LogP contribution in [0.5, 0.6) is 0 Å². The molecule has 0 bridgehead atoms. The second-order valence-corrected chi connectivity index (χ2v) is 1.88. The van der Waals surface area contributed by atoms with Gasteiger partial charge in [0, 0.05) is 0 Å². The molecule has 0 aromatic carbocycles. The van der Waals surface area contributed by atoms with Crippen LogP contribution in [-0.4, -0.2) is 31.1 Å². The molecule has 0 spiro atoms. The Morgan fingerprint density at radius 1 is 1.55 bits per heavy atom. The minimum Gasteiger partial charge on any atom is -0.368 e. The summed E-state index contributed by atoms with van der Waals surface area (Å²) >= 11 is 0. The summed E-state index contributed by atoms with van der Waals surface area (Å²) in [5.74, 6) is -1.51. The summed E-state index contributed by atoms with van der Waals surface area (Å²) in [6, 6.07) is -1.26. The van der Waals surface area contributed by atoms with Crippen LogP contribution in [0.3, 0.4) is 0 Å². The minimum atomic E-state index is -1.26. The number of primary amides is 1. The quantitative estimate of drug-likeness (QED) is 0.442. The molecule has 64 valence electrons. The lowest BCUT2D eigenvalue weighted by molar-refractivity contribution is -0.126. The summed E-state index contributed by atoms with van der Waals surface area (Å²) in [7, 11) is 0. The van der Waals surface area contributed by atoms with Crippen LogP contribution in [0.2, 0.25) is 0 Å². The second kappa shape index (κ2) is 4.62. The molecule has 0 aromatic heterocycles. The van der Waals surface area contributed by atoms with E-state index < -0.39 is 24.5 Å². The molecule has 0 fully saturated rings. The maximum Gasteiger partial charge on any atom is 0.242 e. The average Bonchev–Trinajstić information content (AvgIpc) is 1.99. The van der Waals surface area contributed by atoms with Gasteiger partial charge in [0.05, 0.1) is 6.54 Å². The summed E-state index contributed by atoms with van der Waals surface area (Å²) in [5, 5.41) is 2.00. The van der Waals surface area contributed by atoms with E-state index in [1.807, 2.05) is 5.32 Å². The number of carbonyl (C=O) groups excluding carboxylic acids is 2. The standard InChI is InChI=1S/C5H10FN3O2/c6-1-3(5(8)11)9-4(10)2-7/h3H,1-2,7H2,(H2,8,11)(H,9,10). The largest absolute Gasteiger partial charge is 0.368 e. The molecule has 5 N–H and O–H groups in total. The highest BCUT2D eigenvalue weighted by molar-refractivity contribution is 5.87. The van der Waals surface area contributed by atoms with Crippen molar-refractivity contribution in [1.29, 1.82) is 0 Å². The fourth-order valence-electron chi connectivity index (χ4n) is 0.439. The molecule has 0 saturated heterocycles. The Morgan fingerprint density at radius 2 is 2.09 bits per heavy atom. The van der Waals surface area contributed by atoms with Gasteiger partial charge in [-0.05, 0) is 0 Å². The predicted molar refractivity (Wildman–Crippen MR) is 36.2 cm³/mol. The first kappa shape index (κ1) is 9.83. The van der Waals surface area contributed by atoms with Gasteiger partial charge in [0.25, 0.3) is 0 Å². The molecule has 0 saturated carbocycles. The molecule has 0 aliphatic rings. The third-order valence-corrected chi connectivity index (χ3v) is 1.02. The Kier molecular flexibility index (Phi) is 4.12. The van der Waals surface area contributed by atoms with Crippen molar-refractivity contribution in [2.75, 3.05) is 13.2 Å². The SMILES string of the molecule is NCC(=O)NC(CF)C(N)=O. The number of alkyl halides is 1. The Bertz CT molecular complexity index is 162. The molecule has 2 amide bonds. The van der Waals surface area contributed by atoms with E-state index in [1.54, 1.807) is 0 Å². The van der Waals surface area contributed by atoms with E-state index in [1.165, 1.54) is 0 Å². The molecule has 0 heterocycles. The van der Waals surface area contributed by atoms with Gasteiger partial charge < -0.3 is 16.8 Å². The second-order valence-electron chi connectivity index (χ2n) is 1.88. The van der Waals surface area contributed by atoms with Crippen LogP contribution in [0.25, 0.3) is 0 Å². The average molecular weight is 163 g/mol. The topological polar surface area (TPSA) is 98.2 Å². The molecule has 0 aromatic rings. The van der Waals surface area contributed by atoms with Crippen LogP contribution in [0, 0.1) is 0 Å². The van der Waals surface area contributed by atoms with Gasteiger partial charge >= 0.3 is 0 Å². The van der Waals surface area contributed by atoms with Gasteiger partial charge in [-0.3, -0.25) is 9.59 Å². The van der Waals surface area contributed by atoms with Crippen molar-refractivity contribution < 1.29 is 14.0 Å². The van der Waals surface area contributed by atoms with E-state index in [4.69, 9.17) is 11.5 Å². The fourth-order valence-corrected chi connectivity index (χ4v) is 0.439. The molecule has 0 aliphatic carbocycles. The van der Waals surface area contributed by atoms with Crippen molar-refractivity contribution >= 4 is 11.8 Å². The molecule has 11 heavy (non-hydrogen) atoms. The number of rotatable bonds is 4. The number of hydrogen-bond acceptors (Lipinski definition) is 3. The number of amides is 2. The van der Waals surface area contributed by atoms with E-state index in [-0.39, 0.29) is 6.54 Å². The lowest BCUT2D eigenvalue weighted by Gasteiger charge is -2.09. The monoisotopic (exact) mass is 163 g/mol. The van der Waals surface area contributed by atoms with E-state index in [2.05, 4.69) is 0 Å². The normalized spacial score (nSPS) is 12.2. The summed E-state index contributed by atoms with van der Waals surface area (Å²) in [6.07, 6.45) is 0. The van der Waals surface area contributed by atoms with Crippen LogP contribution < -0.4 is 16.8 Å². The lowest BCUT2D eigenvalue weighted by Crippen LogP contribution is -2.47. The van der Waals surface area contributed by atoms with Crippen molar-refractivity contribution in [2.24, 2.45) is 11.5 Å². The zero-order chi connectivity index (χ0) is 8.85. The third kappa shape index (κ3) is 3.51. The van der Waals surface area contributed by atoms with E-state index in [0.717, 1.165) is 0 Å². The van der Waals surface area contributed by atoms with Gasteiger partial charge in [0.15, 0.2) is 0 Å². The Hall–Kier alpha value is -1.17. The molecule has 0 rings (SSSR count). The number of nitrogens with two attached hydrogens (primary N) is 2. The maximum atomic E-state index is 11.8. The highest BCUT2D eigenvalue weighted by Gasteiger charge is 2.16. The molecule has 5 nitrogen and oxygen atoms in total. The molecule has 0 aliphatic heterocycles. The third-order valence-electron chi connectivity index (χ3n) is 1.02.